The summed E-state index contributed by atoms with van der Waals surface area (Å²) in [5.41, 5.74) is 2.36. The van der Waals surface area contributed by atoms with Crippen molar-refractivity contribution in [1.29, 1.82) is 5.26 Å². The number of hydrogen-bond donors (Lipinski definition) is 1. The van der Waals surface area contributed by atoms with Crippen molar-refractivity contribution in [1.82, 2.24) is 9.62 Å². The predicted octanol–water partition coefficient (Wildman–Crippen LogP) is 6.51. The standard InChI is InChI=1S/C30H25Cl2N3O4S/c1-21-2-14-29(15-3-21)40(37,38)35(19-23-6-10-26(32)11-7-23)20-28-13-12-27(39-28)16-24(17-33)30(36)34-18-22-4-8-25(31)9-5-22/h2-16H,18-20H2,1H3,(H,34,36)/b24-16-. The number of aryl methyl sites for hydroxylation is 1. The van der Waals surface area contributed by atoms with E-state index in [1.165, 1.54) is 10.4 Å². The van der Waals surface area contributed by atoms with E-state index in [1.807, 2.05) is 13.0 Å². The average Bonchev–Trinajstić information content (AvgIpc) is 3.39. The van der Waals surface area contributed by atoms with Crippen LogP contribution in [0.15, 0.2) is 99.8 Å². The molecule has 7 nitrogen and oxygen atoms in total. The highest BCUT2D eigenvalue weighted by Gasteiger charge is 2.26. The zero-order valence-electron chi connectivity index (χ0n) is 21.5. The average molecular weight is 595 g/mol. The van der Waals surface area contributed by atoms with Crippen molar-refractivity contribution in [3.8, 4) is 6.07 Å². The summed E-state index contributed by atoms with van der Waals surface area (Å²) in [5.74, 6) is 0.0174. The van der Waals surface area contributed by atoms with Gasteiger partial charge in [-0.15, -0.1) is 0 Å². The summed E-state index contributed by atoms with van der Waals surface area (Å²) < 4.78 is 34.3. The highest BCUT2D eigenvalue weighted by atomic mass is 35.5. The highest BCUT2D eigenvalue weighted by molar-refractivity contribution is 7.89. The Morgan fingerprint density at radius 1 is 0.900 bits per heavy atom. The number of furan rings is 1. The lowest BCUT2D eigenvalue weighted by atomic mass is 10.2. The fourth-order valence-electron chi connectivity index (χ4n) is 3.78. The normalized spacial score (nSPS) is 11.8. The molecule has 4 rings (SSSR count). The van der Waals surface area contributed by atoms with Crippen LogP contribution in [0.25, 0.3) is 6.08 Å². The molecule has 0 unspecified atom stereocenters. The van der Waals surface area contributed by atoms with E-state index in [1.54, 1.807) is 84.9 Å². The molecule has 40 heavy (non-hydrogen) atoms. The maximum atomic E-state index is 13.6. The summed E-state index contributed by atoms with van der Waals surface area (Å²) in [6.45, 7) is 2.11. The van der Waals surface area contributed by atoms with Gasteiger partial charge in [-0.1, -0.05) is 65.2 Å². The van der Waals surface area contributed by atoms with Crippen molar-refractivity contribution >= 4 is 45.2 Å². The third kappa shape index (κ3) is 7.62. The minimum Gasteiger partial charge on any atom is -0.460 e. The Bertz CT molecular complexity index is 1660. The van der Waals surface area contributed by atoms with E-state index in [0.717, 1.165) is 16.7 Å². The molecule has 1 amide bonds. The first-order valence-electron chi connectivity index (χ1n) is 12.2. The summed E-state index contributed by atoms with van der Waals surface area (Å²) in [7, 11) is -3.89. The van der Waals surface area contributed by atoms with Crippen LogP contribution in [0.2, 0.25) is 10.0 Å². The lowest BCUT2D eigenvalue weighted by molar-refractivity contribution is -0.117. The van der Waals surface area contributed by atoms with Gasteiger partial charge in [0.15, 0.2) is 0 Å². The molecule has 204 valence electrons. The van der Waals surface area contributed by atoms with E-state index in [2.05, 4.69) is 5.32 Å². The summed E-state index contributed by atoms with van der Waals surface area (Å²) in [4.78, 5) is 12.7. The molecule has 1 N–H and O–H groups in total. The van der Waals surface area contributed by atoms with E-state index in [-0.39, 0.29) is 35.9 Å². The van der Waals surface area contributed by atoms with Gasteiger partial charge in [-0.2, -0.15) is 9.57 Å². The van der Waals surface area contributed by atoms with Gasteiger partial charge in [0.25, 0.3) is 5.91 Å². The van der Waals surface area contributed by atoms with Crippen LogP contribution >= 0.6 is 23.2 Å². The van der Waals surface area contributed by atoms with E-state index >= 15 is 0 Å². The van der Waals surface area contributed by atoms with Crippen LogP contribution in [0, 0.1) is 18.3 Å². The molecule has 0 fully saturated rings. The van der Waals surface area contributed by atoms with Gasteiger partial charge in [0.05, 0.1) is 11.4 Å². The van der Waals surface area contributed by atoms with Gasteiger partial charge < -0.3 is 9.73 Å². The molecule has 10 heteroatoms. The molecule has 0 bridgehead atoms. The number of sulfonamides is 1. The fraction of sp³-hybridized carbons (Fsp3) is 0.133. The third-order valence-corrected chi connectivity index (χ3v) is 8.27. The molecule has 0 atom stereocenters. The summed E-state index contributed by atoms with van der Waals surface area (Å²) in [6, 6.07) is 25.6. The van der Waals surface area contributed by atoms with Gasteiger partial charge in [0.2, 0.25) is 10.0 Å². The second-order valence-corrected chi connectivity index (χ2v) is 11.8. The molecule has 1 heterocycles. The number of nitrogens with zero attached hydrogens (tertiary/aromatic N) is 2. The summed E-state index contributed by atoms with van der Waals surface area (Å²) >= 11 is 11.9. The molecule has 0 saturated heterocycles. The Balaban J connectivity index is 1.53. The number of nitrogens with one attached hydrogen (secondary N) is 1. The van der Waals surface area contributed by atoms with Crippen molar-refractivity contribution in [3.05, 3.63) is 129 Å². The quantitative estimate of drug-likeness (QED) is 0.167. The number of carbonyl (C=O) groups excluding carboxylic acids is 1. The van der Waals surface area contributed by atoms with E-state index in [9.17, 15) is 18.5 Å². The van der Waals surface area contributed by atoms with Crippen LogP contribution < -0.4 is 5.32 Å². The number of carbonyl (C=O) groups is 1. The number of rotatable bonds is 10. The van der Waals surface area contributed by atoms with Crippen molar-refractivity contribution in [2.45, 2.75) is 31.5 Å². The van der Waals surface area contributed by atoms with E-state index < -0.39 is 15.9 Å². The number of benzene rings is 3. The Morgan fingerprint density at radius 3 is 2.10 bits per heavy atom. The molecule has 0 aliphatic carbocycles. The maximum Gasteiger partial charge on any atom is 0.262 e. The Morgan fingerprint density at radius 2 is 1.50 bits per heavy atom. The molecule has 3 aromatic carbocycles. The number of halogens is 2. The van der Waals surface area contributed by atoms with Crippen molar-refractivity contribution in [2.24, 2.45) is 0 Å². The predicted molar refractivity (Wildman–Crippen MR) is 155 cm³/mol. The minimum atomic E-state index is -3.89. The summed E-state index contributed by atoms with van der Waals surface area (Å²) in [5, 5.41) is 13.4. The molecule has 0 spiro atoms. The zero-order valence-corrected chi connectivity index (χ0v) is 23.8. The van der Waals surface area contributed by atoms with Gasteiger partial charge in [0, 0.05) is 29.2 Å². The van der Waals surface area contributed by atoms with Crippen molar-refractivity contribution in [3.63, 3.8) is 0 Å². The van der Waals surface area contributed by atoms with Gasteiger partial charge in [-0.05, 0) is 66.6 Å². The SMILES string of the molecule is Cc1ccc(S(=O)(=O)N(Cc2ccc(Cl)cc2)Cc2ccc(/C=C(/C#N)C(=O)NCc3ccc(Cl)cc3)o2)cc1. The largest absolute Gasteiger partial charge is 0.460 e. The zero-order chi connectivity index (χ0) is 28.7. The van der Waals surface area contributed by atoms with Crippen LogP contribution in [0.5, 0.6) is 0 Å². The number of hydrogen-bond acceptors (Lipinski definition) is 5. The Labute approximate surface area is 243 Å². The molecule has 0 aliphatic heterocycles. The third-order valence-electron chi connectivity index (χ3n) is 5.96. The first-order chi connectivity index (χ1) is 19.1. The molecular weight excluding hydrogens is 569 g/mol. The first kappa shape index (κ1) is 29.1. The van der Waals surface area contributed by atoms with Gasteiger partial charge >= 0.3 is 0 Å². The topological polar surface area (TPSA) is 103 Å². The van der Waals surface area contributed by atoms with E-state index in [0.29, 0.717) is 15.8 Å². The van der Waals surface area contributed by atoms with E-state index in [4.69, 9.17) is 27.6 Å². The van der Waals surface area contributed by atoms with Gasteiger partial charge in [0.1, 0.15) is 23.2 Å². The van der Waals surface area contributed by atoms with Crippen LogP contribution in [0.4, 0.5) is 0 Å². The lowest BCUT2D eigenvalue weighted by Crippen LogP contribution is -2.30. The van der Waals surface area contributed by atoms with Gasteiger partial charge in [-0.25, -0.2) is 8.42 Å². The van der Waals surface area contributed by atoms with Gasteiger partial charge in [-0.3, -0.25) is 4.79 Å². The number of amides is 1. The smallest absolute Gasteiger partial charge is 0.262 e. The number of nitriles is 1. The minimum absolute atomic E-state index is 0.0721. The second kappa shape index (κ2) is 13.0. The van der Waals surface area contributed by atoms with Crippen molar-refractivity contribution < 1.29 is 17.6 Å². The molecule has 4 aromatic rings. The van der Waals surface area contributed by atoms with Crippen molar-refractivity contribution in [2.75, 3.05) is 0 Å². The maximum absolute atomic E-state index is 13.6. The molecular formula is C30H25Cl2N3O4S. The monoisotopic (exact) mass is 593 g/mol. The first-order valence-corrected chi connectivity index (χ1v) is 14.4. The lowest BCUT2D eigenvalue weighted by Gasteiger charge is -2.21. The fourth-order valence-corrected chi connectivity index (χ4v) is 5.43. The van der Waals surface area contributed by atoms with Crippen LogP contribution in [-0.2, 0) is 34.5 Å². The molecule has 0 saturated carbocycles. The second-order valence-electron chi connectivity index (χ2n) is 9.00. The molecule has 0 aliphatic rings. The highest BCUT2D eigenvalue weighted by Crippen LogP contribution is 2.24. The van der Waals surface area contributed by atoms with Crippen LogP contribution in [0.1, 0.15) is 28.2 Å². The summed E-state index contributed by atoms with van der Waals surface area (Å²) in [6.07, 6.45) is 1.32. The molecule has 1 aromatic heterocycles. The Kier molecular flexibility index (Phi) is 9.46. The molecule has 0 radical (unpaired) electrons. The Hall–Kier alpha value is -3.87. The van der Waals surface area contributed by atoms with Crippen LogP contribution in [-0.4, -0.2) is 18.6 Å². The van der Waals surface area contributed by atoms with Crippen LogP contribution in [0.3, 0.4) is 0 Å².